The van der Waals surface area contributed by atoms with Crippen LogP contribution in [0.2, 0.25) is 0 Å². The maximum atomic E-state index is 12.0. The summed E-state index contributed by atoms with van der Waals surface area (Å²) in [6.07, 6.45) is 3.23. The minimum absolute atomic E-state index is 0.235. The largest absolute Gasteiger partial charge is 0.478 e. The van der Waals surface area contributed by atoms with Crippen molar-refractivity contribution in [3.63, 3.8) is 0 Å². The quantitative estimate of drug-likeness (QED) is 0.892. The summed E-state index contributed by atoms with van der Waals surface area (Å²) in [6.45, 7) is 5.10. The van der Waals surface area contributed by atoms with Crippen molar-refractivity contribution in [2.75, 3.05) is 11.9 Å². The summed E-state index contributed by atoms with van der Waals surface area (Å²) in [6, 6.07) is 5.24. The van der Waals surface area contributed by atoms with Crippen LogP contribution in [0.15, 0.2) is 30.6 Å². The third kappa shape index (κ3) is 3.31. The van der Waals surface area contributed by atoms with Crippen molar-refractivity contribution in [2.45, 2.75) is 20.4 Å². The van der Waals surface area contributed by atoms with Gasteiger partial charge in [0, 0.05) is 18.8 Å². The number of hydrogen-bond acceptors (Lipinski definition) is 4. The summed E-state index contributed by atoms with van der Waals surface area (Å²) in [5, 5.41) is 6.77. The molecule has 6 heteroatoms. The fourth-order valence-corrected chi connectivity index (χ4v) is 1.55. The first kappa shape index (κ1) is 13.1. The number of anilines is 1. The molecule has 0 aliphatic heterocycles. The molecule has 0 saturated heterocycles. The number of nitrogens with one attached hydrogen (secondary N) is 1. The maximum Gasteiger partial charge on any atom is 0.260 e. The van der Waals surface area contributed by atoms with Gasteiger partial charge in [0.15, 0.2) is 0 Å². The smallest absolute Gasteiger partial charge is 0.260 e. The molecule has 0 spiro atoms. The van der Waals surface area contributed by atoms with Gasteiger partial charge in [0.1, 0.15) is 5.82 Å². The minimum atomic E-state index is -0.235. The first-order valence-electron chi connectivity index (χ1n) is 6.16. The van der Waals surface area contributed by atoms with Crippen LogP contribution in [0, 0.1) is 0 Å². The molecule has 2 aromatic rings. The number of carbonyl (C=O) groups is 1. The van der Waals surface area contributed by atoms with E-state index in [1.807, 2.05) is 13.8 Å². The second kappa shape index (κ2) is 5.99. The fraction of sp³-hybridized carbons (Fsp3) is 0.308. The normalized spacial score (nSPS) is 10.2. The number of nitrogens with zero attached hydrogens (tertiary/aromatic N) is 3. The molecule has 6 nitrogen and oxygen atoms in total. The monoisotopic (exact) mass is 260 g/mol. The Labute approximate surface area is 111 Å². The van der Waals surface area contributed by atoms with Crippen LogP contribution in [-0.2, 0) is 6.54 Å². The molecule has 1 N–H and O–H groups in total. The van der Waals surface area contributed by atoms with Gasteiger partial charge in [0.2, 0.25) is 5.88 Å². The molecular weight excluding hydrogens is 244 g/mol. The van der Waals surface area contributed by atoms with Gasteiger partial charge < -0.3 is 10.1 Å². The SMILES string of the molecule is CCOc1cccc(NC(=O)c2cnn(CC)c2)n1. The van der Waals surface area contributed by atoms with Crippen LogP contribution in [0.4, 0.5) is 5.82 Å². The lowest BCUT2D eigenvalue weighted by Crippen LogP contribution is -2.12. The van der Waals surface area contributed by atoms with Gasteiger partial charge in [-0.3, -0.25) is 9.48 Å². The van der Waals surface area contributed by atoms with Crippen molar-refractivity contribution in [1.82, 2.24) is 14.8 Å². The number of pyridine rings is 1. The van der Waals surface area contributed by atoms with E-state index in [4.69, 9.17) is 4.74 Å². The van der Waals surface area contributed by atoms with E-state index in [-0.39, 0.29) is 5.91 Å². The van der Waals surface area contributed by atoms with Gasteiger partial charge in [-0.2, -0.15) is 10.1 Å². The zero-order chi connectivity index (χ0) is 13.7. The molecular formula is C13H16N4O2. The van der Waals surface area contributed by atoms with Crippen LogP contribution in [0.5, 0.6) is 5.88 Å². The molecule has 0 saturated carbocycles. The minimum Gasteiger partial charge on any atom is -0.478 e. The van der Waals surface area contributed by atoms with E-state index >= 15 is 0 Å². The Morgan fingerprint density at radius 2 is 2.26 bits per heavy atom. The van der Waals surface area contributed by atoms with Crippen LogP contribution >= 0.6 is 0 Å². The molecule has 100 valence electrons. The summed E-state index contributed by atoms with van der Waals surface area (Å²) >= 11 is 0. The predicted octanol–water partition coefficient (Wildman–Crippen LogP) is 1.95. The zero-order valence-corrected chi connectivity index (χ0v) is 11.0. The van der Waals surface area contributed by atoms with Gasteiger partial charge in [-0.1, -0.05) is 6.07 Å². The van der Waals surface area contributed by atoms with Crippen molar-refractivity contribution >= 4 is 11.7 Å². The molecule has 2 aromatic heterocycles. The Bertz CT molecular complexity index is 565. The van der Waals surface area contributed by atoms with Crippen LogP contribution in [0.1, 0.15) is 24.2 Å². The number of amides is 1. The molecule has 2 rings (SSSR count). The molecule has 0 atom stereocenters. The summed E-state index contributed by atoms with van der Waals surface area (Å²) in [5.41, 5.74) is 0.505. The number of aromatic nitrogens is 3. The molecule has 19 heavy (non-hydrogen) atoms. The third-order valence-electron chi connectivity index (χ3n) is 2.48. The maximum absolute atomic E-state index is 12.0. The lowest BCUT2D eigenvalue weighted by atomic mass is 10.3. The summed E-state index contributed by atoms with van der Waals surface area (Å²) in [4.78, 5) is 16.1. The number of aryl methyl sites for hydroxylation is 1. The Kier molecular flexibility index (Phi) is 4.12. The lowest BCUT2D eigenvalue weighted by molar-refractivity contribution is 0.102. The van der Waals surface area contributed by atoms with Gasteiger partial charge in [0.05, 0.1) is 18.4 Å². The summed E-state index contributed by atoms with van der Waals surface area (Å²) in [5.74, 6) is 0.714. The van der Waals surface area contributed by atoms with Crippen molar-refractivity contribution in [3.8, 4) is 5.88 Å². The molecule has 0 unspecified atom stereocenters. The molecule has 0 bridgehead atoms. The standard InChI is InChI=1S/C13H16N4O2/c1-3-17-9-10(8-14-17)13(18)16-11-6-5-7-12(15-11)19-4-2/h5-9H,3-4H2,1-2H3,(H,15,16,18). The van der Waals surface area contributed by atoms with E-state index in [0.29, 0.717) is 23.9 Å². The second-order valence-corrected chi connectivity index (χ2v) is 3.83. The highest BCUT2D eigenvalue weighted by Gasteiger charge is 2.09. The van der Waals surface area contributed by atoms with Crippen molar-refractivity contribution in [3.05, 3.63) is 36.2 Å². The molecule has 2 heterocycles. The molecule has 0 aliphatic rings. The van der Waals surface area contributed by atoms with Crippen molar-refractivity contribution < 1.29 is 9.53 Å². The van der Waals surface area contributed by atoms with Crippen LogP contribution in [0.25, 0.3) is 0 Å². The first-order valence-corrected chi connectivity index (χ1v) is 6.16. The summed E-state index contributed by atoms with van der Waals surface area (Å²) in [7, 11) is 0. The highest BCUT2D eigenvalue weighted by molar-refractivity contribution is 6.03. The molecule has 0 radical (unpaired) electrons. The Morgan fingerprint density at radius 3 is 2.95 bits per heavy atom. The molecule has 1 amide bonds. The predicted molar refractivity (Wildman–Crippen MR) is 71.3 cm³/mol. The van der Waals surface area contributed by atoms with Gasteiger partial charge >= 0.3 is 0 Å². The highest BCUT2D eigenvalue weighted by atomic mass is 16.5. The topological polar surface area (TPSA) is 69.0 Å². The number of hydrogen-bond donors (Lipinski definition) is 1. The van der Waals surface area contributed by atoms with Gasteiger partial charge in [-0.25, -0.2) is 0 Å². The third-order valence-corrected chi connectivity index (χ3v) is 2.48. The Balaban J connectivity index is 2.07. The van der Waals surface area contributed by atoms with Crippen LogP contribution < -0.4 is 10.1 Å². The lowest BCUT2D eigenvalue weighted by Gasteiger charge is -2.05. The van der Waals surface area contributed by atoms with Gasteiger partial charge in [0.25, 0.3) is 5.91 Å². The van der Waals surface area contributed by atoms with E-state index in [0.717, 1.165) is 6.54 Å². The first-order chi connectivity index (χ1) is 9.22. The highest BCUT2D eigenvalue weighted by Crippen LogP contribution is 2.12. The second-order valence-electron chi connectivity index (χ2n) is 3.83. The van der Waals surface area contributed by atoms with E-state index in [2.05, 4.69) is 15.4 Å². The molecule has 0 fully saturated rings. The van der Waals surface area contributed by atoms with E-state index in [1.54, 1.807) is 29.1 Å². The fourth-order valence-electron chi connectivity index (χ4n) is 1.55. The van der Waals surface area contributed by atoms with Crippen molar-refractivity contribution in [1.29, 1.82) is 0 Å². The zero-order valence-electron chi connectivity index (χ0n) is 11.0. The van der Waals surface area contributed by atoms with E-state index in [1.165, 1.54) is 6.20 Å². The van der Waals surface area contributed by atoms with E-state index < -0.39 is 0 Å². The average molecular weight is 260 g/mol. The van der Waals surface area contributed by atoms with Gasteiger partial charge in [-0.15, -0.1) is 0 Å². The number of ether oxygens (including phenoxy) is 1. The van der Waals surface area contributed by atoms with Crippen LogP contribution in [0.3, 0.4) is 0 Å². The average Bonchev–Trinajstić information content (AvgIpc) is 2.88. The van der Waals surface area contributed by atoms with Crippen LogP contribution in [-0.4, -0.2) is 27.3 Å². The number of carbonyl (C=O) groups excluding carboxylic acids is 1. The Hall–Kier alpha value is -2.37. The molecule has 0 aliphatic carbocycles. The van der Waals surface area contributed by atoms with Crippen molar-refractivity contribution in [2.24, 2.45) is 0 Å². The Morgan fingerprint density at radius 1 is 1.42 bits per heavy atom. The molecule has 0 aromatic carbocycles. The van der Waals surface area contributed by atoms with Gasteiger partial charge in [-0.05, 0) is 19.9 Å². The van der Waals surface area contributed by atoms with E-state index in [9.17, 15) is 4.79 Å². The summed E-state index contributed by atoms with van der Waals surface area (Å²) < 4.78 is 6.97. The number of rotatable bonds is 5.